The van der Waals surface area contributed by atoms with Crippen LogP contribution in [-0.2, 0) is 13.6 Å². The average Bonchev–Trinajstić information content (AvgIpc) is 3.26. The van der Waals surface area contributed by atoms with E-state index in [9.17, 15) is 9.46 Å². The van der Waals surface area contributed by atoms with Gasteiger partial charge < -0.3 is 9.38 Å². The Labute approximate surface area is 218 Å². The highest BCUT2D eigenvalue weighted by atomic mass is 31.2. The molecule has 0 amide bonds. The maximum atomic E-state index is 12.0. The Bertz CT molecular complexity index is 549. The summed E-state index contributed by atoms with van der Waals surface area (Å²) >= 11 is 0. The molecule has 208 valence electrons. The number of allylic oxidation sites excluding steroid dienone is 2. The van der Waals surface area contributed by atoms with Crippen molar-refractivity contribution in [1.82, 2.24) is 0 Å². The largest absolute Gasteiger partial charge is 0.472 e. The number of likely N-dealkylation sites (N-methyl/N-ethyl adjacent to an activating group) is 1. The summed E-state index contributed by atoms with van der Waals surface area (Å²) in [6.07, 6.45) is 30.5. The first-order valence-corrected chi connectivity index (χ1v) is 16.6. The zero-order chi connectivity index (χ0) is 25.5. The van der Waals surface area contributed by atoms with Gasteiger partial charge in [0.25, 0.3) is 0 Å². The van der Waals surface area contributed by atoms with Gasteiger partial charge in [-0.25, -0.2) is 4.57 Å². The molecular formula is C29H59NO4P+. The Morgan fingerprint density at radius 1 is 0.686 bits per heavy atom. The SMILES string of the molecule is CCCCCCCC/C=C\CCCCCCCCCCCCOP(=O)(O)OCC[N+]1(C)CCCC1. The van der Waals surface area contributed by atoms with Crippen LogP contribution in [0.5, 0.6) is 0 Å². The first kappa shape index (κ1) is 32.8. The third-order valence-electron chi connectivity index (χ3n) is 7.44. The Morgan fingerprint density at radius 3 is 1.63 bits per heavy atom. The summed E-state index contributed by atoms with van der Waals surface area (Å²) in [7, 11) is -1.70. The molecule has 1 unspecified atom stereocenters. The highest BCUT2D eigenvalue weighted by Gasteiger charge is 2.28. The molecule has 0 aliphatic carbocycles. The van der Waals surface area contributed by atoms with E-state index in [1.165, 1.54) is 116 Å². The maximum absolute atomic E-state index is 12.0. The van der Waals surface area contributed by atoms with E-state index in [2.05, 4.69) is 26.1 Å². The van der Waals surface area contributed by atoms with Crippen molar-refractivity contribution in [3.8, 4) is 0 Å². The molecule has 1 fully saturated rings. The molecule has 1 rings (SSSR count). The minimum atomic E-state index is -3.89. The molecule has 1 heterocycles. The number of rotatable bonds is 25. The average molecular weight is 517 g/mol. The fraction of sp³-hybridized carbons (Fsp3) is 0.931. The molecule has 0 aromatic carbocycles. The van der Waals surface area contributed by atoms with Crippen molar-refractivity contribution in [2.24, 2.45) is 0 Å². The van der Waals surface area contributed by atoms with Gasteiger partial charge in [0, 0.05) is 12.8 Å². The standard InChI is InChI=1S/C29H58NO4P/c1-3-4-5-6-7-8-9-10-11-12-13-14-15-16-17-18-19-20-21-24-28-33-35(31,32)34-29-27-30(2)25-22-23-26-30/h10-11H,3-9,12-29H2,1-2H3/p+1/b11-10-. The minimum absolute atomic E-state index is 0.292. The molecule has 1 saturated heterocycles. The third-order valence-corrected chi connectivity index (χ3v) is 8.46. The molecule has 1 N–H and O–H groups in total. The molecule has 6 heteroatoms. The smallest absolute Gasteiger partial charge is 0.324 e. The van der Waals surface area contributed by atoms with E-state index in [-0.39, 0.29) is 0 Å². The maximum Gasteiger partial charge on any atom is 0.472 e. The molecule has 1 atom stereocenters. The van der Waals surface area contributed by atoms with Crippen molar-refractivity contribution in [3.05, 3.63) is 12.2 Å². The van der Waals surface area contributed by atoms with Crippen LogP contribution in [-0.4, -0.2) is 49.3 Å². The van der Waals surface area contributed by atoms with Crippen LogP contribution in [0, 0.1) is 0 Å². The summed E-state index contributed by atoms with van der Waals surface area (Å²) in [5, 5.41) is 0. The molecule has 1 aliphatic rings. The highest BCUT2D eigenvalue weighted by Crippen LogP contribution is 2.43. The number of nitrogens with zero attached hydrogens (tertiary/aromatic N) is 1. The van der Waals surface area contributed by atoms with Crippen LogP contribution in [0.2, 0.25) is 0 Å². The Balaban J connectivity index is 1.78. The molecule has 0 aromatic rings. The van der Waals surface area contributed by atoms with Crippen LogP contribution in [0.4, 0.5) is 0 Å². The molecular weight excluding hydrogens is 457 g/mol. The van der Waals surface area contributed by atoms with Crippen molar-refractivity contribution in [2.45, 2.75) is 135 Å². The topological polar surface area (TPSA) is 55.8 Å². The molecule has 0 spiro atoms. The van der Waals surface area contributed by atoms with E-state index >= 15 is 0 Å². The van der Waals surface area contributed by atoms with Gasteiger partial charge in [0.2, 0.25) is 0 Å². The second kappa shape index (κ2) is 21.9. The van der Waals surface area contributed by atoms with Gasteiger partial charge in [-0.2, -0.15) is 0 Å². The van der Waals surface area contributed by atoms with Crippen LogP contribution in [0.1, 0.15) is 135 Å². The van der Waals surface area contributed by atoms with Gasteiger partial charge in [0.1, 0.15) is 13.2 Å². The van der Waals surface area contributed by atoms with Crippen LogP contribution >= 0.6 is 7.82 Å². The number of quaternary nitrogens is 1. The summed E-state index contributed by atoms with van der Waals surface area (Å²) in [5.74, 6) is 0. The van der Waals surface area contributed by atoms with E-state index < -0.39 is 7.82 Å². The lowest BCUT2D eigenvalue weighted by Gasteiger charge is -2.29. The normalized spacial score (nSPS) is 17.3. The number of hydrogen-bond acceptors (Lipinski definition) is 3. The predicted octanol–water partition coefficient (Wildman–Crippen LogP) is 8.96. The van der Waals surface area contributed by atoms with Gasteiger partial charge in [0.15, 0.2) is 0 Å². The van der Waals surface area contributed by atoms with Gasteiger partial charge in [-0.15, -0.1) is 0 Å². The number of unbranched alkanes of at least 4 members (excludes halogenated alkanes) is 16. The Hall–Kier alpha value is -0.190. The lowest BCUT2D eigenvalue weighted by Crippen LogP contribution is -2.43. The van der Waals surface area contributed by atoms with Gasteiger partial charge in [-0.05, 0) is 32.1 Å². The molecule has 0 radical (unpaired) electrons. The van der Waals surface area contributed by atoms with Crippen molar-refractivity contribution in [1.29, 1.82) is 0 Å². The molecule has 35 heavy (non-hydrogen) atoms. The lowest BCUT2D eigenvalue weighted by atomic mass is 10.1. The first-order valence-electron chi connectivity index (χ1n) is 15.1. The fourth-order valence-corrected chi connectivity index (χ4v) is 5.72. The molecule has 0 saturated carbocycles. The van der Waals surface area contributed by atoms with E-state index in [4.69, 9.17) is 9.05 Å². The third kappa shape index (κ3) is 20.5. The second-order valence-corrected chi connectivity index (χ2v) is 12.4. The van der Waals surface area contributed by atoms with E-state index in [0.29, 0.717) is 13.2 Å². The van der Waals surface area contributed by atoms with Gasteiger partial charge in [0.05, 0.1) is 26.7 Å². The van der Waals surface area contributed by atoms with E-state index in [1.807, 2.05) is 0 Å². The summed E-state index contributed by atoms with van der Waals surface area (Å²) in [5.41, 5.74) is 0. The fourth-order valence-electron chi connectivity index (χ4n) is 4.97. The minimum Gasteiger partial charge on any atom is -0.324 e. The quantitative estimate of drug-likeness (QED) is 0.0569. The number of likely N-dealkylation sites (tertiary alicyclic amines) is 1. The first-order chi connectivity index (χ1) is 17.0. The summed E-state index contributed by atoms with van der Waals surface area (Å²) in [4.78, 5) is 9.83. The molecule has 1 aliphatic heterocycles. The van der Waals surface area contributed by atoms with Crippen LogP contribution in [0.15, 0.2) is 12.2 Å². The molecule has 0 aromatic heterocycles. The van der Waals surface area contributed by atoms with Gasteiger partial charge >= 0.3 is 7.82 Å². The van der Waals surface area contributed by atoms with E-state index in [0.717, 1.165) is 37.0 Å². The van der Waals surface area contributed by atoms with Crippen LogP contribution in [0.25, 0.3) is 0 Å². The van der Waals surface area contributed by atoms with Crippen molar-refractivity contribution < 1.29 is 23.0 Å². The van der Waals surface area contributed by atoms with Gasteiger partial charge in [-0.3, -0.25) is 9.05 Å². The van der Waals surface area contributed by atoms with Crippen LogP contribution in [0.3, 0.4) is 0 Å². The van der Waals surface area contributed by atoms with Crippen molar-refractivity contribution in [2.75, 3.05) is 39.9 Å². The zero-order valence-electron chi connectivity index (χ0n) is 23.4. The van der Waals surface area contributed by atoms with E-state index in [1.54, 1.807) is 0 Å². The zero-order valence-corrected chi connectivity index (χ0v) is 24.3. The highest BCUT2D eigenvalue weighted by molar-refractivity contribution is 7.47. The Kier molecular flexibility index (Phi) is 20.5. The Morgan fingerprint density at radius 2 is 1.11 bits per heavy atom. The second-order valence-electron chi connectivity index (χ2n) is 11.0. The monoisotopic (exact) mass is 516 g/mol. The molecule has 5 nitrogen and oxygen atoms in total. The molecule has 0 bridgehead atoms. The van der Waals surface area contributed by atoms with Gasteiger partial charge in [-0.1, -0.05) is 103 Å². The summed E-state index contributed by atoms with van der Waals surface area (Å²) in [6.45, 7) is 5.93. The van der Waals surface area contributed by atoms with Crippen LogP contribution < -0.4 is 0 Å². The summed E-state index contributed by atoms with van der Waals surface area (Å²) in [6, 6.07) is 0. The van der Waals surface area contributed by atoms with Crippen molar-refractivity contribution in [3.63, 3.8) is 0 Å². The van der Waals surface area contributed by atoms with Crippen molar-refractivity contribution >= 4 is 7.82 Å². The number of phosphoric acid groups is 1. The number of hydrogen-bond donors (Lipinski definition) is 1. The number of phosphoric ester groups is 1. The predicted molar refractivity (Wildman–Crippen MR) is 150 cm³/mol. The lowest BCUT2D eigenvalue weighted by molar-refractivity contribution is -0.897. The summed E-state index contributed by atoms with van der Waals surface area (Å²) < 4.78 is 23.2.